The molecule has 1 N–H and O–H groups in total. The fourth-order valence-electron chi connectivity index (χ4n) is 3.76. The van der Waals surface area contributed by atoms with Crippen molar-refractivity contribution >= 4 is 16.7 Å². The Kier molecular flexibility index (Phi) is 4.18. The standard InChI is InChI=1S/C21H22N2O/c24-21(18-15-22-19-12-6-5-11-17(18)19)20(16-9-3-1-4-10-16)23-13-7-2-8-14-23/h1,3-6,9-12,15,20,22H,2,7-8,13-14H2. The van der Waals surface area contributed by atoms with Gasteiger partial charge in [-0.1, -0.05) is 55.0 Å². The molecule has 0 aliphatic carbocycles. The van der Waals surface area contributed by atoms with Gasteiger partial charge in [0.1, 0.15) is 0 Å². The van der Waals surface area contributed by atoms with Crippen molar-refractivity contribution in [3.63, 3.8) is 0 Å². The molecule has 1 aliphatic heterocycles. The van der Waals surface area contributed by atoms with Crippen LogP contribution in [0.2, 0.25) is 0 Å². The lowest BCUT2D eigenvalue weighted by Crippen LogP contribution is -2.38. The number of Topliss-reactive ketones (excluding diaryl/α,β-unsaturated/α-hetero) is 1. The van der Waals surface area contributed by atoms with Crippen molar-refractivity contribution in [3.8, 4) is 0 Å². The fraction of sp³-hybridized carbons (Fsp3) is 0.286. The molecule has 122 valence electrons. The van der Waals surface area contributed by atoms with Gasteiger partial charge < -0.3 is 4.98 Å². The molecule has 2 aromatic carbocycles. The largest absolute Gasteiger partial charge is 0.360 e. The normalized spacial score (nSPS) is 17.0. The van der Waals surface area contributed by atoms with Crippen LogP contribution in [0.3, 0.4) is 0 Å². The molecule has 1 saturated heterocycles. The van der Waals surface area contributed by atoms with Gasteiger partial charge in [-0.15, -0.1) is 0 Å². The molecular formula is C21H22N2O. The molecule has 1 aromatic heterocycles. The molecule has 0 amide bonds. The van der Waals surface area contributed by atoms with E-state index in [1.165, 1.54) is 19.3 Å². The van der Waals surface area contributed by atoms with E-state index in [4.69, 9.17) is 0 Å². The van der Waals surface area contributed by atoms with E-state index >= 15 is 0 Å². The van der Waals surface area contributed by atoms with Gasteiger partial charge in [-0.25, -0.2) is 0 Å². The maximum Gasteiger partial charge on any atom is 0.186 e. The summed E-state index contributed by atoms with van der Waals surface area (Å²) in [5.74, 6) is 0.195. The molecule has 1 unspecified atom stereocenters. The van der Waals surface area contributed by atoms with Gasteiger partial charge in [0.15, 0.2) is 5.78 Å². The highest BCUT2D eigenvalue weighted by atomic mass is 16.1. The summed E-state index contributed by atoms with van der Waals surface area (Å²) in [6.07, 6.45) is 5.47. The Labute approximate surface area is 142 Å². The monoisotopic (exact) mass is 318 g/mol. The van der Waals surface area contributed by atoms with Crippen molar-refractivity contribution in [3.05, 3.63) is 71.9 Å². The van der Waals surface area contributed by atoms with E-state index in [-0.39, 0.29) is 11.8 Å². The molecule has 3 nitrogen and oxygen atoms in total. The third kappa shape index (κ3) is 2.76. The van der Waals surface area contributed by atoms with Gasteiger partial charge in [0, 0.05) is 22.7 Å². The number of para-hydroxylation sites is 1. The highest BCUT2D eigenvalue weighted by molar-refractivity contribution is 6.10. The zero-order valence-electron chi connectivity index (χ0n) is 13.7. The third-order valence-electron chi connectivity index (χ3n) is 4.97. The number of carbonyl (C=O) groups excluding carboxylic acids is 1. The van der Waals surface area contributed by atoms with Crippen LogP contribution in [-0.4, -0.2) is 28.8 Å². The topological polar surface area (TPSA) is 36.1 Å². The molecule has 24 heavy (non-hydrogen) atoms. The first kappa shape index (κ1) is 15.2. The average Bonchev–Trinajstić information content (AvgIpc) is 3.08. The lowest BCUT2D eigenvalue weighted by Gasteiger charge is -2.33. The molecule has 3 aromatic rings. The van der Waals surface area contributed by atoms with Crippen LogP contribution in [0.25, 0.3) is 10.9 Å². The number of fused-ring (bicyclic) bond motifs is 1. The number of aromatic amines is 1. The number of ketones is 1. The van der Waals surface area contributed by atoms with E-state index < -0.39 is 0 Å². The smallest absolute Gasteiger partial charge is 0.186 e. The summed E-state index contributed by atoms with van der Waals surface area (Å²) in [5.41, 5.74) is 2.91. The SMILES string of the molecule is O=C(c1c[nH]c2ccccc12)C(c1ccccc1)N1CCCCC1. The maximum absolute atomic E-state index is 13.5. The Morgan fingerprint density at radius 2 is 1.62 bits per heavy atom. The number of nitrogens with zero attached hydrogens (tertiary/aromatic N) is 1. The van der Waals surface area contributed by atoms with Crippen LogP contribution >= 0.6 is 0 Å². The van der Waals surface area contributed by atoms with Gasteiger partial charge in [0.2, 0.25) is 0 Å². The summed E-state index contributed by atoms with van der Waals surface area (Å²) in [6.45, 7) is 1.99. The van der Waals surface area contributed by atoms with Crippen molar-refractivity contribution in [1.82, 2.24) is 9.88 Å². The third-order valence-corrected chi connectivity index (χ3v) is 4.97. The summed E-state index contributed by atoms with van der Waals surface area (Å²) in [6, 6.07) is 18.0. The van der Waals surface area contributed by atoms with E-state index in [1.54, 1.807) is 0 Å². The van der Waals surface area contributed by atoms with Crippen molar-refractivity contribution in [2.24, 2.45) is 0 Å². The molecular weight excluding hydrogens is 296 g/mol. The number of benzene rings is 2. The Hall–Kier alpha value is -2.39. The number of aromatic nitrogens is 1. The van der Waals surface area contributed by atoms with Crippen molar-refractivity contribution in [1.29, 1.82) is 0 Å². The highest BCUT2D eigenvalue weighted by Crippen LogP contribution is 2.30. The summed E-state index contributed by atoms with van der Waals surface area (Å²) in [4.78, 5) is 19.0. The number of hydrogen-bond acceptors (Lipinski definition) is 2. The van der Waals surface area contributed by atoms with Gasteiger partial charge in [-0.3, -0.25) is 9.69 Å². The van der Waals surface area contributed by atoms with Crippen LogP contribution in [0, 0.1) is 0 Å². The van der Waals surface area contributed by atoms with E-state index in [9.17, 15) is 4.79 Å². The van der Waals surface area contributed by atoms with E-state index in [2.05, 4.69) is 22.0 Å². The molecule has 1 fully saturated rings. The number of H-pyrrole nitrogens is 1. The molecule has 0 radical (unpaired) electrons. The number of hydrogen-bond donors (Lipinski definition) is 1. The quantitative estimate of drug-likeness (QED) is 0.715. The van der Waals surface area contributed by atoms with Crippen LogP contribution in [0.5, 0.6) is 0 Å². The molecule has 0 saturated carbocycles. The molecule has 3 heteroatoms. The number of carbonyl (C=O) groups is 1. The first-order chi connectivity index (χ1) is 11.8. The molecule has 1 atom stereocenters. The number of nitrogens with one attached hydrogen (secondary N) is 1. The van der Waals surface area contributed by atoms with Crippen LogP contribution in [0.4, 0.5) is 0 Å². The first-order valence-corrected chi connectivity index (χ1v) is 8.74. The number of rotatable bonds is 4. The summed E-state index contributed by atoms with van der Waals surface area (Å²) in [7, 11) is 0. The molecule has 0 bridgehead atoms. The average molecular weight is 318 g/mol. The fourth-order valence-corrected chi connectivity index (χ4v) is 3.76. The Balaban J connectivity index is 1.76. The molecule has 2 heterocycles. The van der Waals surface area contributed by atoms with Crippen LogP contribution < -0.4 is 0 Å². The zero-order chi connectivity index (χ0) is 16.4. The maximum atomic E-state index is 13.5. The number of likely N-dealkylation sites (tertiary alicyclic amines) is 1. The summed E-state index contributed by atoms with van der Waals surface area (Å²) < 4.78 is 0. The predicted molar refractivity (Wildman–Crippen MR) is 97.2 cm³/mol. The first-order valence-electron chi connectivity index (χ1n) is 8.74. The summed E-state index contributed by atoms with van der Waals surface area (Å²) >= 11 is 0. The second-order valence-corrected chi connectivity index (χ2v) is 6.52. The second kappa shape index (κ2) is 6.62. The van der Waals surface area contributed by atoms with Crippen LogP contribution in [-0.2, 0) is 0 Å². The zero-order valence-corrected chi connectivity index (χ0v) is 13.7. The molecule has 1 aliphatic rings. The molecule has 4 rings (SSSR count). The Bertz CT molecular complexity index is 831. The predicted octanol–water partition coefficient (Wildman–Crippen LogP) is 4.58. The van der Waals surface area contributed by atoms with E-state index in [1.807, 2.05) is 48.7 Å². The second-order valence-electron chi connectivity index (χ2n) is 6.52. The highest BCUT2D eigenvalue weighted by Gasteiger charge is 2.30. The van der Waals surface area contributed by atoms with Gasteiger partial charge in [0.05, 0.1) is 6.04 Å². The lowest BCUT2D eigenvalue weighted by molar-refractivity contribution is 0.0784. The number of piperidine rings is 1. The van der Waals surface area contributed by atoms with E-state index in [0.717, 1.165) is 35.1 Å². The minimum Gasteiger partial charge on any atom is -0.360 e. The van der Waals surface area contributed by atoms with Crippen LogP contribution in [0.1, 0.15) is 41.2 Å². The molecule has 0 spiro atoms. The minimum absolute atomic E-state index is 0.189. The Morgan fingerprint density at radius 1 is 0.917 bits per heavy atom. The summed E-state index contributed by atoms with van der Waals surface area (Å²) in [5, 5.41) is 1.01. The van der Waals surface area contributed by atoms with Gasteiger partial charge in [0.25, 0.3) is 0 Å². The van der Waals surface area contributed by atoms with Crippen molar-refractivity contribution in [2.45, 2.75) is 25.3 Å². The minimum atomic E-state index is -0.189. The van der Waals surface area contributed by atoms with Gasteiger partial charge in [-0.05, 0) is 37.6 Å². The van der Waals surface area contributed by atoms with Crippen LogP contribution in [0.15, 0.2) is 60.8 Å². The van der Waals surface area contributed by atoms with Crippen molar-refractivity contribution in [2.75, 3.05) is 13.1 Å². The van der Waals surface area contributed by atoms with Gasteiger partial charge >= 0.3 is 0 Å². The lowest BCUT2D eigenvalue weighted by atomic mass is 9.94. The van der Waals surface area contributed by atoms with Gasteiger partial charge in [-0.2, -0.15) is 0 Å². The van der Waals surface area contributed by atoms with E-state index in [0.29, 0.717) is 0 Å². The van der Waals surface area contributed by atoms with Crippen molar-refractivity contribution < 1.29 is 4.79 Å². The Morgan fingerprint density at radius 3 is 2.42 bits per heavy atom.